The Morgan fingerprint density at radius 2 is 2.15 bits per heavy atom. The summed E-state index contributed by atoms with van der Waals surface area (Å²) in [6, 6.07) is 2.07. The Balaban J connectivity index is 2.33. The molecule has 2 aromatic rings. The van der Waals surface area contributed by atoms with Crippen LogP contribution >= 0.6 is 0 Å². The highest BCUT2D eigenvalue weighted by molar-refractivity contribution is 5.94. The fourth-order valence-corrected chi connectivity index (χ4v) is 2.69. The minimum atomic E-state index is 0.104. The minimum Gasteiger partial charge on any atom is -0.475 e. The maximum absolute atomic E-state index is 5.88. The van der Waals surface area contributed by atoms with E-state index in [1.54, 1.807) is 0 Å². The van der Waals surface area contributed by atoms with Crippen molar-refractivity contribution in [1.29, 1.82) is 0 Å². The molecular weight excluding hydrogens is 254 g/mol. The highest BCUT2D eigenvalue weighted by Gasteiger charge is 2.27. The van der Waals surface area contributed by atoms with Crippen LogP contribution in [0, 0.1) is 13.8 Å². The van der Waals surface area contributed by atoms with Crippen LogP contribution in [0.5, 0.6) is 5.88 Å². The third-order valence-electron chi connectivity index (χ3n) is 3.61. The molecule has 6 nitrogen and oxygen atoms in total. The summed E-state index contributed by atoms with van der Waals surface area (Å²) >= 11 is 0. The van der Waals surface area contributed by atoms with Gasteiger partial charge in [0, 0.05) is 18.8 Å². The second-order valence-electron chi connectivity index (χ2n) is 5.04. The molecule has 0 amide bonds. The first kappa shape index (κ1) is 13.1. The van der Waals surface area contributed by atoms with Gasteiger partial charge in [-0.15, -0.1) is 0 Å². The number of nitrogens with zero attached hydrogens (tertiary/aromatic N) is 4. The van der Waals surface area contributed by atoms with Crippen LogP contribution in [0.4, 0.5) is 5.82 Å². The van der Waals surface area contributed by atoms with E-state index in [0.717, 1.165) is 34.8 Å². The summed E-state index contributed by atoms with van der Waals surface area (Å²) in [5.74, 6) is 2.25. The summed E-state index contributed by atoms with van der Waals surface area (Å²) in [7, 11) is 0. The van der Waals surface area contributed by atoms with Crippen molar-refractivity contribution in [2.75, 3.05) is 24.6 Å². The fourth-order valence-electron chi connectivity index (χ4n) is 2.69. The first-order chi connectivity index (χ1) is 9.63. The Labute approximate surface area is 118 Å². The normalized spacial score (nSPS) is 18.0. The zero-order valence-electron chi connectivity index (χ0n) is 12.1. The van der Waals surface area contributed by atoms with Crippen molar-refractivity contribution in [3.05, 3.63) is 17.6 Å². The molecule has 106 valence electrons. The second kappa shape index (κ2) is 4.86. The van der Waals surface area contributed by atoms with Gasteiger partial charge >= 0.3 is 0 Å². The average molecular weight is 273 g/mol. The maximum Gasteiger partial charge on any atom is 0.227 e. The van der Waals surface area contributed by atoms with Gasteiger partial charge in [-0.3, -0.25) is 0 Å². The van der Waals surface area contributed by atoms with E-state index in [4.69, 9.17) is 10.5 Å². The van der Waals surface area contributed by atoms with Crippen molar-refractivity contribution in [1.82, 2.24) is 15.0 Å². The molecule has 0 bridgehead atoms. The van der Waals surface area contributed by atoms with Crippen LogP contribution in [0.3, 0.4) is 0 Å². The van der Waals surface area contributed by atoms with Crippen LogP contribution in [-0.4, -0.2) is 40.7 Å². The Bertz CT molecular complexity index is 652. The number of nitrogens with two attached hydrogens (primary N) is 1. The van der Waals surface area contributed by atoms with Crippen molar-refractivity contribution in [3.8, 4) is 5.88 Å². The molecule has 0 spiro atoms. The Kier molecular flexibility index (Phi) is 3.17. The average Bonchev–Trinajstić information content (AvgIpc) is 2.55. The molecule has 6 heteroatoms. The Morgan fingerprint density at radius 1 is 1.35 bits per heavy atom. The van der Waals surface area contributed by atoms with Gasteiger partial charge in [-0.1, -0.05) is 0 Å². The van der Waals surface area contributed by atoms with E-state index in [1.807, 2.05) is 19.9 Å². The molecule has 0 aromatic carbocycles. The first-order valence-electron chi connectivity index (χ1n) is 6.89. The monoisotopic (exact) mass is 273 g/mol. The molecule has 3 rings (SSSR count). The van der Waals surface area contributed by atoms with Gasteiger partial charge in [-0.05, 0) is 26.8 Å². The third-order valence-corrected chi connectivity index (χ3v) is 3.61. The van der Waals surface area contributed by atoms with Gasteiger partial charge in [-0.25, -0.2) is 15.0 Å². The lowest BCUT2D eigenvalue weighted by atomic mass is 10.2. The minimum absolute atomic E-state index is 0.104. The Morgan fingerprint density at radius 3 is 2.85 bits per heavy atom. The van der Waals surface area contributed by atoms with E-state index in [2.05, 4.69) is 26.8 Å². The number of ether oxygens (including phenoxy) is 1. The molecule has 1 unspecified atom stereocenters. The lowest BCUT2D eigenvalue weighted by Crippen LogP contribution is -2.44. The predicted molar refractivity (Wildman–Crippen MR) is 78.2 cm³/mol. The van der Waals surface area contributed by atoms with E-state index in [0.29, 0.717) is 19.0 Å². The molecule has 0 aliphatic carbocycles. The molecule has 2 aromatic heterocycles. The summed E-state index contributed by atoms with van der Waals surface area (Å²) in [5.41, 5.74) is 7.66. The van der Waals surface area contributed by atoms with E-state index >= 15 is 0 Å². The van der Waals surface area contributed by atoms with Gasteiger partial charge < -0.3 is 15.4 Å². The predicted octanol–water partition coefficient (Wildman–Crippen LogP) is 1.19. The van der Waals surface area contributed by atoms with Gasteiger partial charge in [0.1, 0.15) is 23.6 Å². The van der Waals surface area contributed by atoms with Crippen LogP contribution < -0.4 is 15.4 Å². The zero-order valence-corrected chi connectivity index (χ0v) is 12.1. The van der Waals surface area contributed by atoms with E-state index in [-0.39, 0.29) is 6.04 Å². The van der Waals surface area contributed by atoms with Crippen LogP contribution in [0.15, 0.2) is 6.07 Å². The standard InChI is InChI=1S/C14H19N5O/c1-4-19-10(6-15)7-20-14-12-11(5-8(2)16-14)17-9(3)18-13(12)19/h5,10H,4,6-7,15H2,1-3H3. The summed E-state index contributed by atoms with van der Waals surface area (Å²) in [4.78, 5) is 15.8. The maximum atomic E-state index is 5.88. The van der Waals surface area contributed by atoms with Gasteiger partial charge in [0.2, 0.25) is 5.88 Å². The molecule has 0 fully saturated rings. The van der Waals surface area contributed by atoms with Gasteiger partial charge in [-0.2, -0.15) is 0 Å². The van der Waals surface area contributed by atoms with Crippen molar-refractivity contribution in [2.45, 2.75) is 26.8 Å². The molecule has 1 aliphatic rings. The summed E-state index contributed by atoms with van der Waals surface area (Å²) in [6.07, 6.45) is 0. The Hall–Kier alpha value is -1.95. The van der Waals surface area contributed by atoms with Crippen LogP contribution in [0.1, 0.15) is 18.4 Å². The molecule has 20 heavy (non-hydrogen) atoms. The SMILES string of the molecule is CCN1c2nc(C)nc3cc(C)nc(c23)OCC1CN. The molecule has 1 atom stereocenters. The number of aromatic nitrogens is 3. The molecule has 2 N–H and O–H groups in total. The van der Waals surface area contributed by atoms with Crippen molar-refractivity contribution in [2.24, 2.45) is 5.73 Å². The topological polar surface area (TPSA) is 77.2 Å². The molecule has 0 radical (unpaired) electrons. The number of hydrogen-bond donors (Lipinski definition) is 1. The summed E-state index contributed by atoms with van der Waals surface area (Å²) < 4.78 is 5.86. The highest BCUT2D eigenvalue weighted by Crippen LogP contribution is 2.34. The summed E-state index contributed by atoms with van der Waals surface area (Å²) in [5, 5.41) is 0.888. The molecule has 1 aliphatic heterocycles. The van der Waals surface area contributed by atoms with Crippen LogP contribution in [0.25, 0.3) is 10.9 Å². The van der Waals surface area contributed by atoms with Crippen LogP contribution in [-0.2, 0) is 0 Å². The van der Waals surface area contributed by atoms with Crippen molar-refractivity contribution < 1.29 is 4.74 Å². The number of pyridine rings is 1. The van der Waals surface area contributed by atoms with Gasteiger partial charge in [0.15, 0.2) is 0 Å². The third kappa shape index (κ3) is 1.96. The van der Waals surface area contributed by atoms with Crippen molar-refractivity contribution in [3.63, 3.8) is 0 Å². The van der Waals surface area contributed by atoms with Crippen LogP contribution in [0.2, 0.25) is 0 Å². The number of hydrogen-bond acceptors (Lipinski definition) is 6. The smallest absolute Gasteiger partial charge is 0.227 e. The molecular formula is C14H19N5O. The molecule has 3 heterocycles. The first-order valence-corrected chi connectivity index (χ1v) is 6.89. The second-order valence-corrected chi connectivity index (χ2v) is 5.04. The number of anilines is 1. The highest BCUT2D eigenvalue weighted by atomic mass is 16.5. The quantitative estimate of drug-likeness (QED) is 0.885. The number of aryl methyl sites for hydroxylation is 2. The lowest BCUT2D eigenvalue weighted by molar-refractivity contribution is 0.282. The van der Waals surface area contributed by atoms with E-state index < -0.39 is 0 Å². The largest absolute Gasteiger partial charge is 0.475 e. The molecule has 0 saturated carbocycles. The van der Waals surface area contributed by atoms with Gasteiger partial charge in [0.05, 0.1) is 11.6 Å². The van der Waals surface area contributed by atoms with Crippen molar-refractivity contribution >= 4 is 16.7 Å². The van der Waals surface area contributed by atoms with E-state index in [9.17, 15) is 0 Å². The van der Waals surface area contributed by atoms with Gasteiger partial charge in [0.25, 0.3) is 0 Å². The number of rotatable bonds is 2. The lowest BCUT2D eigenvalue weighted by Gasteiger charge is -2.28. The number of likely N-dealkylation sites (N-methyl/N-ethyl adjacent to an activating group) is 1. The summed E-state index contributed by atoms with van der Waals surface area (Å²) in [6.45, 7) is 7.81. The zero-order chi connectivity index (χ0) is 14.3. The van der Waals surface area contributed by atoms with E-state index in [1.165, 1.54) is 0 Å². The fraction of sp³-hybridized carbons (Fsp3) is 0.500. The molecule has 0 saturated heterocycles.